The van der Waals surface area contributed by atoms with Gasteiger partial charge in [0, 0.05) is 6.54 Å². The molecule has 0 saturated heterocycles. The lowest BCUT2D eigenvalue weighted by molar-refractivity contribution is 0.0695. The van der Waals surface area contributed by atoms with Crippen LogP contribution in [0.5, 0.6) is 0 Å². The van der Waals surface area contributed by atoms with Gasteiger partial charge in [0.2, 0.25) is 0 Å². The molecule has 0 spiro atoms. The van der Waals surface area contributed by atoms with Gasteiger partial charge in [-0.05, 0) is 55.1 Å². The summed E-state index contributed by atoms with van der Waals surface area (Å²) in [5, 5.41) is 12.6. The van der Waals surface area contributed by atoms with Crippen LogP contribution in [0.25, 0.3) is 0 Å². The number of carboxylic acids is 1. The van der Waals surface area contributed by atoms with Crippen molar-refractivity contribution in [2.75, 3.05) is 6.54 Å². The second kappa shape index (κ2) is 7.04. The van der Waals surface area contributed by atoms with Crippen molar-refractivity contribution in [2.24, 2.45) is 0 Å². The van der Waals surface area contributed by atoms with Crippen molar-refractivity contribution >= 4 is 5.97 Å². The number of benzene rings is 2. The fourth-order valence-corrected chi connectivity index (χ4v) is 2.51. The van der Waals surface area contributed by atoms with Gasteiger partial charge in [0.15, 0.2) is 0 Å². The summed E-state index contributed by atoms with van der Waals surface area (Å²) >= 11 is 0. The Balaban J connectivity index is 1.92. The van der Waals surface area contributed by atoms with Crippen molar-refractivity contribution < 1.29 is 9.90 Å². The van der Waals surface area contributed by atoms with Crippen LogP contribution in [0.1, 0.15) is 32.6 Å². The SMILES string of the molecule is Cc1cccc(C)c1CNCCc1ccccc1C(=O)O. The summed E-state index contributed by atoms with van der Waals surface area (Å²) in [4.78, 5) is 11.1. The van der Waals surface area contributed by atoms with Crippen molar-refractivity contribution in [3.05, 3.63) is 70.3 Å². The topological polar surface area (TPSA) is 49.3 Å². The minimum atomic E-state index is -0.861. The zero-order valence-corrected chi connectivity index (χ0v) is 12.5. The molecule has 0 aliphatic heterocycles. The average Bonchev–Trinajstić information content (AvgIpc) is 2.46. The third-order valence-electron chi connectivity index (χ3n) is 3.77. The standard InChI is InChI=1S/C18H21NO2/c1-13-6-5-7-14(2)17(13)12-19-11-10-15-8-3-4-9-16(15)18(20)21/h3-9,19H,10-12H2,1-2H3,(H,20,21). The van der Waals surface area contributed by atoms with Gasteiger partial charge < -0.3 is 10.4 Å². The van der Waals surface area contributed by atoms with E-state index in [1.165, 1.54) is 16.7 Å². The summed E-state index contributed by atoms with van der Waals surface area (Å²) in [5.74, 6) is -0.861. The predicted octanol–water partition coefficient (Wildman–Crippen LogP) is 3.33. The minimum Gasteiger partial charge on any atom is -0.478 e. The quantitative estimate of drug-likeness (QED) is 0.799. The molecule has 110 valence electrons. The molecule has 0 atom stereocenters. The summed E-state index contributed by atoms with van der Waals surface area (Å²) in [6.07, 6.45) is 0.716. The van der Waals surface area contributed by atoms with Gasteiger partial charge in [0.25, 0.3) is 0 Å². The zero-order valence-electron chi connectivity index (χ0n) is 12.5. The Labute approximate surface area is 125 Å². The number of rotatable bonds is 6. The minimum absolute atomic E-state index is 0.395. The summed E-state index contributed by atoms with van der Waals surface area (Å²) in [6.45, 7) is 5.80. The van der Waals surface area contributed by atoms with Crippen LogP contribution in [0.15, 0.2) is 42.5 Å². The Morgan fingerprint density at radius 3 is 2.38 bits per heavy atom. The molecule has 3 nitrogen and oxygen atoms in total. The number of hydrogen-bond donors (Lipinski definition) is 2. The third kappa shape index (κ3) is 3.92. The summed E-state index contributed by atoms with van der Waals surface area (Å²) < 4.78 is 0. The highest BCUT2D eigenvalue weighted by atomic mass is 16.4. The smallest absolute Gasteiger partial charge is 0.335 e. The molecule has 2 rings (SSSR count). The van der Waals surface area contributed by atoms with Gasteiger partial charge >= 0.3 is 5.97 Å². The van der Waals surface area contributed by atoms with Crippen LogP contribution >= 0.6 is 0 Å². The normalized spacial score (nSPS) is 10.6. The van der Waals surface area contributed by atoms with E-state index in [1.54, 1.807) is 12.1 Å². The third-order valence-corrected chi connectivity index (χ3v) is 3.77. The molecular weight excluding hydrogens is 262 g/mol. The first-order valence-electron chi connectivity index (χ1n) is 7.16. The predicted molar refractivity (Wildman–Crippen MR) is 84.7 cm³/mol. The Bertz CT molecular complexity index is 615. The molecule has 0 fully saturated rings. The molecule has 3 heteroatoms. The lowest BCUT2D eigenvalue weighted by Crippen LogP contribution is -2.19. The fourth-order valence-electron chi connectivity index (χ4n) is 2.51. The van der Waals surface area contributed by atoms with Crippen molar-refractivity contribution in [2.45, 2.75) is 26.8 Å². The monoisotopic (exact) mass is 283 g/mol. The van der Waals surface area contributed by atoms with Gasteiger partial charge in [-0.25, -0.2) is 4.79 Å². The second-order valence-electron chi connectivity index (χ2n) is 5.26. The summed E-state index contributed by atoms with van der Waals surface area (Å²) in [5.41, 5.74) is 5.16. The second-order valence-corrected chi connectivity index (χ2v) is 5.26. The molecule has 0 saturated carbocycles. The molecule has 0 bridgehead atoms. The van der Waals surface area contributed by atoms with E-state index in [1.807, 2.05) is 12.1 Å². The van der Waals surface area contributed by atoms with Gasteiger partial charge in [0.1, 0.15) is 0 Å². The number of aromatic carboxylic acids is 1. The number of carbonyl (C=O) groups is 1. The summed E-state index contributed by atoms with van der Waals surface area (Å²) in [7, 11) is 0. The molecule has 0 unspecified atom stereocenters. The van der Waals surface area contributed by atoms with Gasteiger partial charge in [-0.15, -0.1) is 0 Å². The van der Waals surface area contributed by atoms with E-state index < -0.39 is 5.97 Å². The highest BCUT2D eigenvalue weighted by molar-refractivity contribution is 5.89. The van der Waals surface area contributed by atoms with Crippen LogP contribution in [-0.4, -0.2) is 17.6 Å². The molecule has 0 aliphatic rings. The van der Waals surface area contributed by atoms with Crippen molar-refractivity contribution in [1.82, 2.24) is 5.32 Å². The Morgan fingerprint density at radius 1 is 1.05 bits per heavy atom. The Morgan fingerprint density at radius 2 is 1.71 bits per heavy atom. The van der Waals surface area contributed by atoms with E-state index in [0.717, 1.165) is 18.7 Å². The first-order valence-corrected chi connectivity index (χ1v) is 7.16. The van der Waals surface area contributed by atoms with E-state index in [9.17, 15) is 4.79 Å². The number of aryl methyl sites for hydroxylation is 2. The molecule has 0 aromatic heterocycles. The molecule has 21 heavy (non-hydrogen) atoms. The molecule has 0 heterocycles. The number of nitrogens with one attached hydrogen (secondary N) is 1. The first kappa shape index (κ1) is 15.3. The average molecular weight is 283 g/mol. The van der Waals surface area contributed by atoms with Gasteiger partial charge in [-0.2, -0.15) is 0 Å². The zero-order chi connectivity index (χ0) is 15.2. The highest BCUT2D eigenvalue weighted by Gasteiger charge is 2.08. The molecule has 0 amide bonds. The van der Waals surface area contributed by atoms with Crippen LogP contribution < -0.4 is 5.32 Å². The number of hydrogen-bond acceptors (Lipinski definition) is 2. The molecule has 0 radical (unpaired) electrons. The van der Waals surface area contributed by atoms with E-state index in [4.69, 9.17) is 5.11 Å². The molecule has 2 aromatic carbocycles. The summed E-state index contributed by atoms with van der Waals surface area (Å²) in [6, 6.07) is 13.5. The van der Waals surface area contributed by atoms with E-state index in [2.05, 4.69) is 37.4 Å². The van der Waals surface area contributed by atoms with Crippen molar-refractivity contribution in [3.63, 3.8) is 0 Å². The van der Waals surface area contributed by atoms with Gasteiger partial charge in [-0.1, -0.05) is 36.4 Å². The molecular formula is C18H21NO2. The lowest BCUT2D eigenvalue weighted by atomic mass is 10.0. The molecule has 0 aliphatic carbocycles. The van der Waals surface area contributed by atoms with E-state index in [0.29, 0.717) is 12.0 Å². The first-order chi connectivity index (χ1) is 10.1. The van der Waals surface area contributed by atoms with Gasteiger partial charge in [0.05, 0.1) is 5.56 Å². The highest BCUT2D eigenvalue weighted by Crippen LogP contribution is 2.13. The largest absolute Gasteiger partial charge is 0.478 e. The van der Waals surface area contributed by atoms with Crippen LogP contribution in [0.3, 0.4) is 0 Å². The van der Waals surface area contributed by atoms with Crippen molar-refractivity contribution in [3.8, 4) is 0 Å². The lowest BCUT2D eigenvalue weighted by Gasteiger charge is -2.11. The van der Waals surface area contributed by atoms with Crippen LogP contribution in [-0.2, 0) is 13.0 Å². The maximum atomic E-state index is 11.1. The molecule has 2 aromatic rings. The maximum absolute atomic E-state index is 11.1. The molecule has 2 N–H and O–H groups in total. The van der Waals surface area contributed by atoms with E-state index in [-0.39, 0.29) is 0 Å². The van der Waals surface area contributed by atoms with Crippen LogP contribution in [0.4, 0.5) is 0 Å². The van der Waals surface area contributed by atoms with Crippen LogP contribution in [0.2, 0.25) is 0 Å². The number of carboxylic acid groups (broad SMARTS) is 1. The Kier molecular flexibility index (Phi) is 5.12. The fraction of sp³-hybridized carbons (Fsp3) is 0.278. The van der Waals surface area contributed by atoms with Crippen LogP contribution in [0, 0.1) is 13.8 Å². The van der Waals surface area contributed by atoms with E-state index >= 15 is 0 Å². The Hall–Kier alpha value is -2.13. The maximum Gasteiger partial charge on any atom is 0.335 e. The van der Waals surface area contributed by atoms with Gasteiger partial charge in [-0.3, -0.25) is 0 Å². The van der Waals surface area contributed by atoms with Crippen molar-refractivity contribution in [1.29, 1.82) is 0 Å².